The second-order valence-corrected chi connectivity index (χ2v) is 8.11. The van der Waals surface area contributed by atoms with Gasteiger partial charge < -0.3 is 10.1 Å². The van der Waals surface area contributed by atoms with Crippen LogP contribution in [-0.4, -0.2) is 41.4 Å². The topological polar surface area (TPSA) is 104 Å². The van der Waals surface area contributed by atoms with Gasteiger partial charge in [0.05, 0.1) is 5.69 Å². The van der Waals surface area contributed by atoms with Crippen molar-refractivity contribution in [1.82, 2.24) is 5.01 Å². The molecule has 1 fully saturated rings. The van der Waals surface area contributed by atoms with Crippen molar-refractivity contribution in [3.05, 3.63) is 83.9 Å². The van der Waals surface area contributed by atoms with E-state index >= 15 is 0 Å². The first kappa shape index (κ1) is 21.6. The molecule has 2 aliphatic rings. The average molecular weight is 476 g/mol. The Bertz CT molecular complexity index is 1280. The van der Waals surface area contributed by atoms with Gasteiger partial charge in [-0.1, -0.05) is 41.1 Å². The van der Waals surface area contributed by atoms with E-state index in [-0.39, 0.29) is 6.54 Å². The Morgan fingerprint density at radius 1 is 0.941 bits per heavy atom. The minimum Gasteiger partial charge on any atom is -0.457 e. The van der Waals surface area contributed by atoms with Crippen molar-refractivity contribution >= 4 is 40.7 Å². The van der Waals surface area contributed by atoms with Gasteiger partial charge in [-0.3, -0.25) is 19.4 Å². The number of amides is 3. The molecule has 9 nitrogen and oxygen atoms in total. The first-order chi connectivity index (χ1) is 16.5. The van der Waals surface area contributed by atoms with Crippen LogP contribution in [0.3, 0.4) is 0 Å². The molecule has 170 valence electrons. The van der Waals surface area contributed by atoms with Crippen LogP contribution < -0.4 is 15.0 Å². The molecule has 2 atom stereocenters. The molecule has 3 aromatic carbocycles. The largest absolute Gasteiger partial charge is 0.457 e. The number of ether oxygens (including phenoxy) is 1. The summed E-state index contributed by atoms with van der Waals surface area (Å²) < 4.78 is 5.74. The molecule has 0 aromatic heterocycles. The highest BCUT2D eigenvalue weighted by atomic mass is 35.5. The smallest absolute Gasteiger partial charge is 0.263 e. The Labute approximate surface area is 199 Å². The molecule has 34 heavy (non-hydrogen) atoms. The zero-order chi connectivity index (χ0) is 23.7. The Kier molecular flexibility index (Phi) is 5.69. The fourth-order valence-electron chi connectivity index (χ4n) is 3.80. The highest BCUT2D eigenvalue weighted by Crippen LogP contribution is 2.32. The first-order valence-corrected chi connectivity index (χ1v) is 10.8. The summed E-state index contributed by atoms with van der Waals surface area (Å²) >= 11 is 6.00. The number of imide groups is 1. The second-order valence-electron chi connectivity index (χ2n) is 7.67. The fourth-order valence-corrected chi connectivity index (χ4v) is 3.99. The number of carbonyl (C=O) groups is 3. The van der Waals surface area contributed by atoms with Gasteiger partial charge in [-0.15, -0.1) is 0 Å². The van der Waals surface area contributed by atoms with Crippen LogP contribution in [0, 0.1) is 0 Å². The maximum absolute atomic E-state index is 13.0. The number of carbonyl (C=O) groups excluding carboxylic acids is 3. The van der Waals surface area contributed by atoms with Crippen LogP contribution in [0.2, 0.25) is 5.02 Å². The highest BCUT2D eigenvalue weighted by Gasteiger charge is 2.55. The van der Waals surface area contributed by atoms with Crippen LogP contribution in [0.1, 0.15) is 0 Å². The molecular weight excluding hydrogens is 458 g/mol. The Balaban J connectivity index is 1.22. The lowest BCUT2D eigenvalue weighted by molar-refractivity contribution is -0.123. The summed E-state index contributed by atoms with van der Waals surface area (Å²) in [5.74, 6) is -0.0828. The van der Waals surface area contributed by atoms with Crippen molar-refractivity contribution in [2.75, 3.05) is 16.8 Å². The van der Waals surface area contributed by atoms with Crippen molar-refractivity contribution in [3.8, 4) is 11.5 Å². The molecule has 5 rings (SSSR count). The van der Waals surface area contributed by atoms with E-state index in [1.807, 2.05) is 30.3 Å². The van der Waals surface area contributed by atoms with Crippen molar-refractivity contribution in [3.63, 3.8) is 0 Å². The van der Waals surface area contributed by atoms with Gasteiger partial charge in [0.1, 0.15) is 18.0 Å². The quantitative estimate of drug-likeness (QED) is 0.541. The first-order valence-electron chi connectivity index (χ1n) is 10.4. The van der Waals surface area contributed by atoms with E-state index in [4.69, 9.17) is 16.3 Å². The van der Waals surface area contributed by atoms with E-state index in [1.165, 1.54) is 11.1 Å². The lowest BCUT2D eigenvalue weighted by atomic mass is 10.1. The number of nitrogens with one attached hydrogen (secondary N) is 1. The zero-order valence-electron chi connectivity index (χ0n) is 17.7. The monoisotopic (exact) mass is 475 g/mol. The fraction of sp³-hybridized carbons (Fsp3) is 0.125. The number of rotatable bonds is 6. The summed E-state index contributed by atoms with van der Waals surface area (Å²) in [6.07, 6.45) is 0. The van der Waals surface area contributed by atoms with E-state index in [9.17, 15) is 14.4 Å². The number of hydrogen-bond acceptors (Lipinski definition) is 7. The van der Waals surface area contributed by atoms with E-state index < -0.39 is 29.8 Å². The molecule has 2 aliphatic heterocycles. The molecule has 0 unspecified atom stereocenters. The van der Waals surface area contributed by atoms with Crippen molar-refractivity contribution in [2.24, 2.45) is 10.3 Å². The number of para-hydroxylation sites is 1. The molecule has 0 saturated carbocycles. The molecule has 0 spiro atoms. The zero-order valence-corrected chi connectivity index (χ0v) is 18.4. The van der Waals surface area contributed by atoms with Crippen LogP contribution in [0.5, 0.6) is 11.5 Å². The van der Waals surface area contributed by atoms with Crippen molar-refractivity contribution in [2.45, 2.75) is 12.1 Å². The molecule has 1 saturated heterocycles. The maximum Gasteiger partial charge on any atom is 0.263 e. The van der Waals surface area contributed by atoms with Gasteiger partial charge in [0.2, 0.25) is 5.91 Å². The normalized spacial score (nSPS) is 18.9. The average Bonchev–Trinajstić information content (AvgIpc) is 3.35. The number of halogens is 1. The number of hydrogen-bond donors (Lipinski definition) is 1. The molecule has 3 amide bonds. The number of benzene rings is 3. The molecule has 0 aliphatic carbocycles. The Morgan fingerprint density at radius 3 is 2.41 bits per heavy atom. The third-order valence-electron chi connectivity index (χ3n) is 5.35. The summed E-state index contributed by atoms with van der Waals surface area (Å²) in [4.78, 5) is 39.4. The van der Waals surface area contributed by atoms with Crippen LogP contribution in [0.4, 0.5) is 11.4 Å². The number of fused-ring (bicyclic) bond motifs is 1. The summed E-state index contributed by atoms with van der Waals surface area (Å²) in [6.45, 7) is -0.241. The molecule has 0 bridgehead atoms. The molecule has 3 aromatic rings. The standard InChI is InChI=1S/C24H18ClN5O4/c25-15-5-4-6-17(13-15)30-23(32)21-22(24(30)33)29(28-27-21)14-20(31)26-16-9-11-19(12-10-16)34-18-7-2-1-3-8-18/h1-13,21-22H,14H2,(H,26,31)/t21-,22+/m0/s1. The lowest BCUT2D eigenvalue weighted by Crippen LogP contribution is -2.43. The number of anilines is 2. The summed E-state index contributed by atoms with van der Waals surface area (Å²) in [6, 6.07) is 20.7. The van der Waals surface area contributed by atoms with Gasteiger partial charge in [-0.05, 0) is 54.6 Å². The third-order valence-corrected chi connectivity index (χ3v) is 5.58. The Morgan fingerprint density at radius 2 is 1.68 bits per heavy atom. The molecule has 1 N–H and O–H groups in total. The van der Waals surface area contributed by atoms with E-state index in [1.54, 1.807) is 42.5 Å². The van der Waals surface area contributed by atoms with Gasteiger partial charge in [0, 0.05) is 10.7 Å². The maximum atomic E-state index is 13.0. The van der Waals surface area contributed by atoms with Crippen molar-refractivity contribution in [1.29, 1.82) is 0 Å². The van der Waals surface area contributed by atoms with Crippen LogP contribution >= 0.6 is 11.6 Å². The summed E-state index contributed by atoms with van der Waals surface area (Å²) in [7, 11) is 0. The van der Waals surface area contributed by atoms with E-state index in [0.29, 0.717) is 27.9 Å². The minimum absolute atomic E-state index is 0.241. The van der Waals surface area contributed by atoms with Gasteiger partial charge in [0.15, 0.2) is 12.1 Å². The van der Waals surface area contributed by atoms with Crippen LogP contribution in [0.15, 0.2) is 89.2 Å². The van der Waals surface area contributed by atoms with Gasteiger partial charge in [0.25, 0.3) is 11.8 Å². The van der Waals surface area contributed by atoms with Gasteiger partial charge >= 0.3 is 0 Å². The lowest BCUT2D eigenvalue weighted by Gasteiger charge is -2.20. The Hall–Kier alpha value is -4.24. The highest BCUT2D eigenvalue weighted by molar-refractivity contribution is 6.31. The third kappa shape index (κ3) is 4.20. The molecule has 10 heteroatoms. The SMILES string of the molecule is O=C(CN1N=N[C@@H]2C(=O)N(c3cccc(Cl)c3)C(=O)[C@@H]21)Nc1ccc(Oc2ccccc2)cc1. The second kappa shape index (κ2) is 8.95. The molecule has 0 radical (unpaired) electrons. The van der Waals surface area contributed by atoms with E-state index in [2.05, 4.69) is 15.7 Å². The van der Waals surface area contributed by atoms with Crippen LogP contribution in [0.25, 0.3) is 0 Å². The van der Waals surface area contributed by atoms with Gasteiger partial charge in [-0.25, -0.2) is 4.90 Å². The van der Waals surface area contributed by atoms with Gasteiger partial charge in [-0.2, -0.15) is 5.11 Å². The minimum atomic E-state index is -0.992. The number of nitrogens with zero attached hydrogens (tertiary/aromatic N) is 4. The summed E-state index contributed by atoms with van der Waals surface area (Å²) in [5, 5.41) is 12.2. The summed E-state index contributed by atoms with van der Waals surface area (Å²) in [5.41, 5.74) is 0.904. The predicted molar refractivity (Wildman–Crippen MR) is 125 cm³/mol. The van der Waals surface area contributed by atoms with Crippen LogP contribution in [-0.2, 0) is 14.4 Å². The predicted octanol–water partition coefficient (Wildman–Crippen LogP) is 4.06. The van der Waals surface area contributed by atoms with Crippen molar-refractivity contribution < 1.29 is 19.1 Å². The molecule has 2 heterocycles. The van der Waals surface area contributed by atoms with E-state index in [0.717, 1.165) is 4.90 Å². The molecular formula is C24H18ClN5O4.